The summed E-state index contributed by atoms with van der Waals surface area (Å²) in [6.07, 6.45) is 13.1. The molecular weight excluding hydrogens is 334 g/mol. The summed E-state index contributed by atoms with van der Waals surface area (Å²) in [4.78, 5) is 15.3. The highest BCUT2D eigenvalue weighted by Crippen LogP contribution is 2.41. The average Bonchev–Trinajstić information content (AvgIpc) is 3.52. The zero-order chi connectivity index (χ0) is 18.2. The lowest BCUT2D eigenvalue weighted by atomic mass is 9.78. The van der Waals surface area contributed by atoms with E-state index >= 15 is 0 Å². The first-order valence-corrected chi connectivity index (χ1v) is 11.4. The Labute approximate surface area is 163 Å². The van der Waals surface area contributed by atoms with E-state index in [4.69, 9.17) is 15.7 Å². The lowest BCUT2D eigenvalue weighted by Crippen LogP contribution is -2.39. The molecule has 0 radical (unpaired) electrons. The van der Waals surface area contributed by atoms with Crippen LogP contribution in [0.3, 0.4) is 0 Å². The molecule has 1 aromatic rings. The lowest BCUT2D eigenvalue weighted by molar-refractivity contribution is 0.166. The third-order valence-electron chi connectivity index (χ3n) is 7.23. The molecule has 1 aromatic heterocycles. The highest BCUT2D eigenvalue weighted by Gasteiger charge is 2.33. The van der Waals surface area contributed by atoms with Crippen LogP contribution in [0.5, 0.6) is 0 Å². The number of rotatable bonds is 4. The molecule has 0 amide bonds. The zero-order valence-electron chi connectivity index (χ0n) is 16.7. The minimum atomic E-state index is 0.375. The van der Waals surface area contributed by atoms with Gasteiger partial charge in [-0.15, -0.1) is 0 Å². The highest BCUT2D eigenvalue weighted by atomic mass is 15.3. The van der Waals surface area contributed by atoms with E-state index in [2.05, 4.69) is 15.9 Å². The van der Waals surface area contributed by atoms with Gasteiger partial charge in [0.1, 0.15) is 11.6 Å². The van der Waals surface area contributed by atoms with Crippen molar-refractivity contribution in [3.8, 4) is 0 Å². The Hall–Kier alpha value is -1.20. The maximum Gasteiger partial charge on any atom is 0.134 e. The molecule has 0 aromatic carbocycles. The van der Waals surface area contributed by atoms with Crippen LogP contribution in [0.15, 0.2) is 6.07 Å². The summed E-state index contributed by atoms with van der Waals surface area (Å²) in [6.45, 7) is 4.69. The summed E-state index contributed by atoms with van der Waals surface area (Å²) < 4.78 is 0. The molecular formula is C22H35N5. The molecule has 0 bridgehead atoms. The maximum atomic E-state index is 6.04. The Morgan fingerprint density at radius 2 is 1.63 bits per heavy atom. The standard InChI is InChI=1S/C22H35N5/c23-18-13-17(14-18)20-15-21(25-22(24-20)16-7-8-16)27-10-4-9-26(11-12-27)19-5-2-1-3-6-19/h15-19H,1-14,23H2. The fourth-order valence-electron chi connectivity index (χ4n) is 5.25. The third kappa shape index (κ3) is 4.00. The highest BCUT2D eigenvalue weighted by molar-refractivity contribution is 5.42. The van der Waals surface area contributed by atoms with Crippen LogP contribution in [-0.4, -0.2) is 53.1 Å². The van der Waals surface area contributed by atoms with Gasteiger partial charge in [-0.3, -0.25) is 4.90 Å². The van der Waals surface area contributed by atoms with E-state index in [1.807, 2.05) is 0 Å². The minimum absolute atomic E-state index is 0.375. The fourth-order valence-corrected chi connectivity index (χ4v) is 5.25. The first kappa shape index (κ1) is 17.9. The third-order valence-corrected chi connectivity index (χ3v) is 7.23. The fraction of sp³-hybridized carbons (Fsp3) is 0.818. The van der Waals surface area contributed by atoms with Gasteiger partial charge < -0.3 is 10.6 Å². The zero-order valence-corrected chi connectivity index (χ0v) is 16.7. The number of hydrogen-bond donors (Lipinski definition) is 1. The van der Waals surface area contributed by atoms with Gasteiger partial charge in [-0.1, -0.05) is 19.3 Å². The molecule has 2 N–H and O–H groups in total. The van der Waals surface area contributed by atoms with Gasteiger partial charge in [0, 0.05) is 61.9 Å². The van der Waals surface area contributed by atoms with Crippen molar-refractivity contribution in [2.45, 2.75) is 88.1 Å². The summed E-state index contributed by atoms with van der Waals surface area (Å²) >= 11 is 0. The second-order valence-corrected chi connectivity index (χ2v) is 9.38. The van der Waals surface area contributed by atoms with Crippen LogP contribution in [0.1, 0.15) is 87.6 Å². The van der Waals surface area contributed by atoms with Crippen LogP contribution >= 0.6 is 0 Å². The van der Waals surface area contributed by atoms with Crippen LogP contribution in [0.2, 0.25) is 0 Å². The predicted molar refractivity (Wildman–Crippen MR) is 109 cm³/mol. The van der Waals surface area contributed by atoms with E-state index in [1.54, 1.807) is 0 Å². The number of hydrogen-bond acceptors (Lipinski definition) is 5. The van der Waals surface area contributed by atoms with Crippen molar-refractivity contribution in [3.63, 3.8) is 0 Å². The van der Waals surface area contributed by atoms with E-state index in [-0.39, 0.29) is 0 Å². The molecule has 0 spiro atoms. The molecule has 0 atom stereocenters. The van der Waals surface area contributed by atoms with Crippen molar-refractivity contribution in [1.29, 1.82) is 0 Å². The van der Waals surface area contributed by atoms with Gasteiger partial charge in [0.2, 0.25) is 0 Å². The van der Waals surface area contributed by atoms with E-state index < -0.39 is 0 Å². The van der Waals surface area contributed by atoms with Crippen molar-refractivity contribution in [2.75, 3.05) is 31.1 Å². The van der Waals surface area contributed by atoms with Gasteiger partial charge >= 0.3 is 0 Å². The quantitative estimate of drug-likeness (QED) is 0.881. The molecule has 5 heteroatoms. The van der Waals surface area contributed by atoms with Crippen molar-refractivity contribution in [1.82, 2.24) is 14.9 Å². The van der Waals surface area contributed by atoms with E-state index in [0.29, 0.717) is 17.9 Å². The molecule has 1 aliphatic heterocycles. The Balaban J connectivity index is 1.31. The average molecular weight is 370 g/mol. The monoisotopic (exact) mass is 369 g/mol. The van der Waals surface area contributed by atoms with Gasteiger partial charge in [-0.25, -0.2) is 9.97 Å². The Morgan fingerprint density at radius 1 is 0.815 bits per heavy atom. The van der Waals surface area contributed by atoms with Crippen LogP contribution in [0.25, 0.3) is 0 Å². The van der Waals surface area contributed by atoms with Crippen LogP contribution < -0.4 is 10.6 Å². The molecule has 4 aliphatic rings. The molecule has 1 saturated heterocycles. The van der Waals surface area contributed by atoms with Gasteiger partial charge in [0.25, 0.3) is 0 Å². The normalized spacial score (nSPS) is 30.8. The number of nitrogens with two attached hydrogens (primary N) is 1. The second kappa shape index (κ2) is 7.67. The second-order valence-electron chi connectivity index (χ2n) is 9.38. The first-order valence-electron chi connectivity index (χ1n) is 11.4. The lowest BCUT2D eigenvalue weighted by Gasteiger charge is -2.34. The molecule has 27 heavy (non-hydrogen) atoms. The summed E-state index contributed by atoms with van der Waals surface area (Å²) in [6, 6.07) is 3.50. The van der Waals surface area contributed by atoms with Crippen molar-refractivity contribution in [3.05, 3.63) is 17.6 Å². The van der Waals surface area contributed by atoms with Crippen molar-refractivity contribution in [2.24, 2.45) is 5.73 Å². The van der Waals surface area contributed by atoms with Crippen LogP contribution in [-0.2, 0) is 0 Å². The van der Waals surface area contributed by atoms with Gasteiger partial charge in [0.15, 0.2) is 0 Å². The maximum absolute atomic E-state index is 6.04. The molecule has 2 heterocycles. The Kier molecular flexibility index (Phi) is 5.08. The van der Waals surface area contributed by atoms with E-state index in [1.165, 1.54) is 76.0 Å². The number of anilines is 1. The van der Waals surface area contributed by atoms with Crippen LogP contribution in [0, 0.1) is 0 Å². The van der Waals surface area contributed by atoms with E-state index in [9.17, 15) is 0 Å². The predicted octanol–water partition coefficient (Wildman–Crippen LogP) is 3.40. The Bertz CT molecular complexity index is 646. The summed E-state index contributed by atoms with van der Waals surface area (Å²) in [7, 11) is 0. The molecule has 148 valence electrons. The number of nitrogens with zero attached hydrogens (tertiary/aromatic N) is 4. The largest absolute Gasteiger partial charge is 0.355 e. The Morgan fingerprint density at radius 3 is 2.37 bits per heavy atom. The molecule has 5 nitrogen and oxygen atoms in total. The molecule has 3 aliphatic carbocycles. The van der Waals surface area contributed by atoms with Crippen LogP contribution in [0.4, 0.5) is 5.82 Å². The number of aromatic nitrogens is 2. The van der Waals surface area contributed by atoms with Crippen molar-refractivity contribution < 1.29 is 0 Å². The van der Waals surface area contributed by atoms with Gasteiger partial charge in [-0.05, 0) is 44.9 Å². The van der Waals surface area contributed by atoms with E-state index in [0.717, 1.165) is 37.8 Å². The molecule has 0 unspecified atom stereocenters. The SMILES string of the molecule is NC1CC(c2cc(N3CCCN(C4CCCCC4)CC3)nc(C3CC3)n2)C1. The smallest absolute Gasteiger partial charge is 0.134 e. The summed E-state index contributed by atoms with van der Waals surface area (Å²) in [5, 5.41) is 0. The van der Waals surface area contributed by atoms with Crippen molar-refractivity contribution >= 4 is 5.82 Å². The topological polar surface area (TPSA) is 58.3 Å². The van der Waals surface area contributed by atoms with Gasteiger partial charge in [-0.2, -0.15) is 0 Å². The molecule has 4 fully saturated rings. The first-order chi connectivity index (χ1) is 13.3. The van der Waals surface area contributed by atoms with Gasteiger partial charge in [0.05, 0.1) is 0 Å². The summed E-state index contributed by atoms with van der Waals surface area (Å²) in [5.74, 6) is 3.47. The minimum Gasteiger partial charge on any atom is -0.355 e. The summed E-state index contributed by atoms with van der Waals surface area (Å²) in [5.41, 5.74) is 7.31. The molecule has 3 saturated carbocycles. The molecule has 5 rings (SSSR count).